The van der Waals surface area contributed by atoms with Crippen LogP contribution in [0.3, 0.4) is 0 Å². The number of rotatable bonds is 8. The Labute approximate surface area is 178 Å². The van der Waals surface area contributed by atoms with Crippen LogP contribution in [0.25, 0.3) is 0 Å². The molecule has 2 aromatic heterocycles. The molecule has 1 aliphatic carbocycles. The van der Waals surface area contributed by atoms with Gasteiger partial charge in [-0.2, -0.15) is 10.1 Å². The lowest BCUT2D eigenvalue weighted by molar-refractivity contribution is 0.240. The third-order valence-corrected chi connectivity index (χ3v) is 5.25. The number of aryl methyl sites for hydroxylation is 1. The summed E-state index contributed by atoms with van der Waals surface area (Å²) in [4.78, 5) is 8.93. The first-order chi connectivity index (χ1) is 14.0. The molecule has 29 heavy (non-hydrogen) atoms. The van der Waals surface area contributed by atoms with E-state index in [-0.39, 0.29) is 6.10 Å². The van der Waals surface area contributed by atoms with E-state index >= 15 is 0 Å². The van der Waals surface area contributed by atoms with Crippen molar-refractivity contribution in [2.24, 2.45) is 0 Å². The first-order valence-corrected chi connectivity index (χ1v) is 10.6. The molecule has 4 rings (SSSR count). The van der Waals surface area contributed by atoms with E-state index in [1.807, 2.05) is 26.8 Å². The van der Waals surface area contributed by atoms with Crippen LogP contribution in [-0.4, -0.2) is 26.3 Å². The van der Waals surface area contributed by atoms with Crippen LogP contribution in [0.1, 0.15) is 49.4 Å². The zero-order valence-corrected chi connectivity index (χ0v) is 18.4. The van der Waals surface area contributed by atoms with Crippen molar-refractivity contribution in [3.05, 3.63) is 51.8 Å². The number of H-pyrrole nitrogens is 1. The summed E-state index contributed by atoms with van der Waals surface area (Å²) in [5, 5.41) is 14.0. The predicted molar refractivity (Wildman–Crippen MR) is 118 cm³/mol. The Morgan fingerprint density at radius 3 is 2.86 bits per heavy atom. The molecule has 152 valence electrons. The monoisotopic (exact) mass is 456 g/mol. The average molecular weight is 457 g/mol. The van der Waals surface area contributed by atoms with Gasteiger partial charge in [-0.1, -0.05) is 12.1 Å². The molecule has 0 spiro atoms. The maximum absolute atomic E-state index is 5.88. The maximum atomic E-state index is 5.88. The van der Waals surface area contributed by atoms with Crippen molar-refractivity contribution < 1.29 is 4.74 Å². The molecule has 1 aromatic carbocycles. The Kier molecular flexibility index (Phi) is 5.71. The molecule has 2 heterocycles. The van der Waals surface area contributed by atoms with Crippen LogP contribution in [0.5, 0.6) is 5.75 Å². The van der Waals surface area contributed by atoms with Crippen molar-refractivity contribution in [2.75, 3.05) is 10.6 Å². The molecule has 0 saturated heterocycles. The standard InChI is InChI=1S/C21H25BrN6O/c1-12(2)29-18-8-14(5-4-13(18)3)10-23-21-24-11-16(22)20(26-21)25-19-9-17(27-28-19)15-6-7-15/h4-5,8-9,11-12,15H,6-7,10H2,1-3H3,(H3,23,24,25,26,27,28). The second kappa shape index (κ2) is 8.41. The van der Waals surface area contributed by atoms with Crippen molar-refractivity contribution in [3.8, 4) is 5.75 Å². The lowest BCUT2D eigenvalue weighted by atomic mass is 10.1. The number of anilines is 3. The highest BCUT2D eigenvalue weighted by Crippen LogP contribution is 2.39. The van der Waals surface area contributed by atoms with E-state index in [0.717, 1.165) is 27.2 Å². The average Bonchev–Trinajstić information content (AvgIpc) is 3.43. The highest BCUT2D eigenvalue weighted by atomic mass is 79.9. The number of hydrogen-bond acceptors (Lipinski definition) is 6. The summed E-state index contributed by atoms with van der Waals surface area (Å²) in [5.41, 5.74) is 3.40. The number of nitrogens with zero attached hydrogens (tertiary/aromatic N) is 3. The van der Waals surface area contributed by atoms with Crippen molar-refractivity contribution in [2.45, 2.75) is 52.2 Å². The van der Waals surface area contributed by atoms with Gasteiger partial charge in [-0.05, 0) is 66.7 Å². The SMILES string of the molecule is Cc1ccc(CNc2ncc(Br)c(Nc3cc(C4CC4)[nH]n3)n2)cc1OC(C)C. The van der Waals surface area contributed by atoms with Crippen LogP contribution in [-0.2, 0) is 6.54 Å². The molecule has 8 heteroatoms. The van der Waals surface area contributed by atoms with Gasteiger partial charge < -0.3 is 15.4 Å². The fourth-order valence-electron chi connectivity index (χ4n) is 2.98. The van der Waals surface area contributed by atoms with Gasteiger partial charge in [-0.25, -0.2) is 4.98 Å². The van der Waals surface area contributed by atoms with Crippen LogP contribution < -0.4 is 15.4 Å². The van der Waals surface area contributed by atoms with Crippen LogP contribution in [0.4, 0.5) is 17.6 Å². The smallest absolute Gasteiger partial charge is 0.224 e. The molecule has 3 N–H and O–H groups in total. The van der Waals surface area contributed by atoms with E-state index in [9.17, 15) is 0 Å². The minimum atomic E-state index is 0.142. The Morgan fingerprint density at radius 1 is 1.28 bits per heavy atom. The van der Waals surface area contributed by atoms with E-state index < -0.39 is 0 Å². The third-order valence-electron chi connectivity index (χ3n) is 4.67. The zero-order chi connectivity index (χ0) is 20.4. The largest absolute Gasteiger partial charge is 0.491 e. The second-order valence-electron chi connectivity index (χ2n) is 7.62. The molecule has 1 aliphatic rings. The third kappa shape index (κ3) is 5.06. The van der Waals surface area contributed by atoms with Gasteiger partial charge in [0, 0.05) is 30.4 Å². The van der Waals surface area contributed by atoms with Crippen LogP contribution in [0.15, 0.2) is 34.9 Å². The van der Waals surface area contributed by atoms with Crippen LogP contribution in [0, 0.1) is 6.92 Å². The number of ether oxygens (including phenoxy) is 1. The van der Waals surface area contributed by atoms with E-state index in [0.29, 0.717) is 24.2 Å². The van der Waals surface area contributed by atoms with E-state index in [1.165, 1.54) is 18.5 Å². The van der Waals surface area contributed by atoms with Gasteiger partial charge >= 0.3 is 0 Å². The Balaban J connectivity index is 1.43. The Morgan fingerprint density at radius 2 is 2.10 bits per heavy atom. The fourth-order valence-corrected chi connectivity index (χ4v) is 3.27. The predicted octanol–water partition coefficient (Wildman–Crippen LogP) is 5.29. The molecule has 7 nitrogen and oxygen atoms in total. The molecular weight excluding hydrogens is 432 g/mol. The van der Waals surface area contributed by atoms with Crippen molar-refractivity contribution >= 4 is 33.5 Å². The molecule has 0 unspecified atom stereocenters. The molecule has 0 aliphatic heterocycles. The first-order valence-electron chi connectivity index (χ1n) is 9.83. The van der Waals surface area contributed by atoms with Gasteiger partial charge in [0.1, 0.15) is 5.75 Å². The lowest BCUT2D eigenvalue weighted by Gasteiger charge is -2.14. The summed E-state index contributed by atoms with van der Waals surface area (Å²) in [5.74, 6) is 3.50. The second-order valence-corrected chi connectivity index (χ2v) is 8.47. The van der Waals surface area contributed by atoms with Gasteiger partial charge in [-0.3, -0.25) is 5.10 Å². The van der Waals surface area contributed by atoms with E-state index in [1.54, 1.807) is 6.20 Å². The maximum Gasteiger partial charge on any atom is 0.224 e. The van der Waals surface area contributed by atoms with Crippen molar-refractivity contribution in [1.29, 1.82) is 0 Å². The molecule has 0 atom stereocenters. The summed E-state index contributed by atoms with van der Waals surface area (Å²) in [6.07, 6.45) is 4.34. The number of benzene rings is 1. The van der Waals surface area contributed by atoms with E-state index in [4.69, 9.17) is 4.74 Å². The Bertz CT molecular complexity index is 999. The molecule has 0 amide bonds. The normalized spacial score (nSPS) is 13.6. The number of halogens is 1. The van der Waals surface area contributed by atoms with Crippen LogP contribution >= 0.6 is 15.9 Å². The number of aromatic nitrogens is 4. The molecule has 0 radical (unpaired) electrons. The zero-order valence-electron chi connectivity index (χ0n) is 16.8. The first kappa shape index (κ1) is 19.7. The van der Waals surface area contributed by atoms with Gasteiger partial charge in [0.25, 0.3) is 0 Å². The minimum Gasteiger partial charge on any atom is -0.491 e. The van der Waals surface area contributed by atoms with E-state index in [2.05, 4.69) is 64.9 Å². The van der Waals surface area contributed by atoms with Gasteiger partial charge in [0.2, 0.25) is 5.95 Å². The quantitative estimate of drug-likeness (QED) is 0.426. The van der Waals surface area contributed by atoms with Gasteiger partial charge in [0.15, 0.2) is 11.6 Å². The summed E-state index contributed by atoms with van der Waals surface area (Å²) >= 11 is 3.50. The van der Waals surface area contributed by atoms with Crippen LogP contribution in [0.2, 0.25) is 0 Å². The summed E-state index contributed by atoms with van der Waals surface area (Å²) < 4.78 is 6.66. The van der Waals surface area contributed by atoms with Crippen molar-refractivity contribution in [3.63, 3.8) is 0 Å². The number of aromatic amines is 1. The van der Waals surface area contributed by atoms with Gasteiger partial charge in [0.05, 0.1) is 10.6 Å². The fraction of sp³-hybridized carbons (Fsp3) is 0.381. The van der Waals surface area contributed by atoms with Gasteiger partial charge in [-0.15, -0.1) is 0 Å². The highest BCUT2D eigenvalue weighted by Gasteiger charge is 2.25. The highest BCUT2D eigenvalue weighted by molar-refractivity contribution is 9.10. The molecule has 1 saturated carbocycles. The summed E-state index contributed by atoms with van der Waals surface area (Å²) in [6.45, 7) is 6.71. The summed E-state index contributed by atoms with van der Waals surface area (Å²) in [7, 11) is 0. The minimum absolute atomic E-state index is 0.142. The number of nitrogens with one attached hydrogen (secondary N) is 3. The Hall–Kier alpha value is -2.61. The van der Waals surface area contributed by atoms with Crippen molar-refractivity contribution in [1.82, 2.24) is 20.2 Å². The molecule has 3 aromatic rings. The topological polar surface area (TPSA) is 87.8 Å². The molecule has 0 bridgehead atoms. The molecular formula is C21H25BrN6O. The molecule has 1 fully saturated rings. The summed E-state index contributed by atoms with van der Waals surface area (Å²) in [6, 6.07) is 8.25. The number of hydrogen-bond donors (Lipinski definition) is 3. The lowest BCUT2D eigenvalue weighted by Crippen LogP contribution is -2.08.